The van der Waals surface area contributed by atoms with Crippen LogP contribution < -0.4 is 37.5 Å². The molecule has 0 unspecified atom stereocenters. The molecule has 3 aliphatic rings. The molecule has 23 nitrogen and oxygen atoms in total. The highest BCUT2D eigenvalue weighted by molar-refractivity contribution is 7.90. The smallest absolute Gasteiger partial charge is 0.343 e. The third-order valence-electron chi connectivity index (χ3n) is 13.8. The molecule has 0 saturated heterocycles. The standard InChI is InChI=1S/C55H57FN10O13S/c1-5-42(51(72)65-38-18-17-33-30(3)37(56)21-39-47(33)48(38)34-27-66-41(49(34)64-39)20-36-35(52(66)73)28-78-53(74)55(36,75)6-2)79-29-62-45(69)25-59-50(71)40(19-31-13-9-7-10-14-31)63-46(70)26-58-44(68)24-57-43(67)16-12-8-11-15-32-22-60-54(61-23-32)80(4,76)77/h5,7,9-10,13-14,20-23,38,40,42,75H,1,6,8,12,16-19,24-29H2,2-4H3,(H,57,67)(H,58,68)(H,59,71)(H,62,69)(H,63,70)(H,65,72)/t38-,40-,42+,55-/m0/s1. The monoisotopic (exact) mass is 1120 g/mol. The molecule has 0 bridgehead atoms. The molecule has 0 radical (unpaired) electrons. The summed E-state index contributed by atoms with van der Waals surface area (Å²) >= 11 is 0. The SMILES string of the molecule is C=C[C@@H](OCNC(=O)CNC(=O)[C@H](Cc1ccccc1)NC(=O)CNC(=O)CNC(=O)CCCC#Cc1cnc(S(C)(=O)=O)nc1)C(=O)N[C@H]1CCc2c(C)c(F)cc3nc4c(c1c23)Cn1c-4cc2c(c1=O)COC(=O)[C@]2(O)CC. The summed E-state index contributed by atoms with van der Waals surface area (Å²) in [5, 5.41) is 27.1. The lowest BCUT2D eigenvalue weighted by atomic mass is 9.81. The van der Waals surface area contributed by atoms with Gasteiger partial charge in [0.25, 0.3) is 11.5 Å². The zero-order valence-corrected chi connectivity index (χ0v) is 44.6. The number of nitrogens with zero attached hydrogens (tertiary/aromatic N) is 4. The number of esters is 1. The van der Waals surface area contributed by atoms with Crippen LogP contribution in [0.3, 0.4) is 0 Å². The molecule has 418 valence electrons. The van der Waals surface area contributed by atoms with Gasteiger partial charge in [-0.05, 0) is 60.9 Å². The maximum absolute atomic E-state index is 15.5. The van der Waals surface area contributed by atoms with Gasteiger partial charge in [0, 0.05) is 60.5 Å². The summed E-state index contributed by atoms with van der Waals surface area (Å²) in [6.45, 7) is 4.65. The largest absolute Gasteiger partial charge is 0.458 e. The van der Waals surface area contributed by atoms with Gasteiger partial charge in [0.15, 0.2) is 11.7 Å². The molecule has 0 saturated carbocycles. The molecule has 2 aromatic carbocycles. The van der Waals surface area contributed by atoms with Crippen molar-refractivity contribution in [2.24, 2.45) is 0 Å². The molecule has 5 heterocycles. The summed E-state index contributed by atoms with van der Waals surface area (Å²) in [6.07, 6.45) is 4.83. The van der Waals surface area contributed by atoms with Crippen molar-refractivity contribution in [3.05, 3.63) is 128 Å². The Hall–Kier alpha value is -8.73. The Morgan fingerprint density at radius 3 is 2.38 bits per heavy atom. The Balaban J connectivity index is 0.823. The van der Waals surface area contributed by atoms with Gasteiger partial charge in [0.1, 0.15) is 25.2 Å². The first-order valence-electron chi connectivity index (χ1n) is 25.5. The van der Waals surface area contributed by atoms with Gasteiger partial charge in [0.2, 0.25) is 44.5 Å². The van der Waals surface area contributed by atoms with E-state index in [1.165, 1.54) is 29.1 Å². The minimum absolute atomic E-state index is 0.0159. The summed E-state index contributed by atoms with van der Waals surface area (Å²) in [4.78, 5) is 117. The fourth-order valence-electron chi connectivity index (χ4n) is 9.66. The summed E-state index contributed by atoms with van der Waals surface area (Å²) in [6, 6.07) is 9.68. The third-order valence-corrected chi connectivity index (χ3v) is 14.7. The van der Waals surface area contributed by atoms with Crippen LogP contribution in [-0.4, -0.2) is 119 Å². The molecular weight excluding hydrogens is 1060 g/mol. The fraction of sp³-hybridized carbons (Fsp3) is 0.364. The maximum Gasteiger partial charge on any atom is 0.343 e. The van der Waals surface area contributed by atoms with E-state index in [2.05, 4.69) is 60.3 Å². The Morgan fingerprint density at radius 1 is 0.963 bits per heavy atom. The van der Waals surface area contributed by atoms with Gasteiger partial charge < -0.3 is 51.0 Å². The number of aliphatic hydroxyl groups is 1. The first-order chi connectivity index (χ1) is 38.2. The number of aromatic nitrogens is 4. The Kier molecular flexibility index (Phi) is 17.6. The van der Waals surface area contributed by atoms with Gasteiger partial charge in [-0.2, -0.15) is 0 Å². The molecular formula is C55H57FN10O13S. The van der Waals surface area contributed by atoms with E-state index in [0.717, 1.165) is 6.26 Å². The lowest BCUT2D eigenvalue weighted by molar-refractivity contribution is -0.172. The highest BCUT2D eigenvalue weighted by atomic mass is 32.2. The zero-order valence-electron chi connectivity index (χ0n) is 43.8. The number of hydrogen-bond donors (Lipinski definition) is 7. The van der Waals surface area contributed by atoms with E-state index in [1.54, 1.807) is 50.2 Å². The number of benzene rings is 2. The van der Waals surface area contributed by atoms with E-state index in [1.807, 2.05) is 0 Å². The summed E-state index contributed by atoms with van der Waals surface area (Å²) in [5.41, 5.74) is 2.00. The molecule has 2 aliphatic heterocycles. The Morgan fingerprint density at radius 2 is 1.66 bits per heavy atom. The maximum atomic E-state index is 15.5. The van der Waals surface area contributed by atoms with Crippen LogP contribution in [0.15, 0.2) is 77.5 Å². The van der Waals surface area contributed by atoms with E-state index in [4.69, 9.17) is 14.5 Å². The summed E-state index contributed by atoms with van der Waals surface area (Å²) in [5.74, 6) is 0.323. The van der Waals surface area contributed by atoms with E-state index in [9.17, 15) is 51.9 Å². The number of nitrogens with one attached hydrogen (secondary N) is 6. The number of fused-ring (bicyclic) bond motifs is 5. The van der Waals surface area contributed by atoms with Gasteiger partial charge in [-0.3, -0.25) is 33.6 Å². The molecule has 7 N–H and O–H groups in total. The second kappa shape index (κ2) is 24.5. The molecule has 0 fully saturated rings. The van der Waals surface area contributed by atoms with Gasteiger partial charge >= 0.3 is 5.97 Å². The third kappa shape index (κ3) is 12.7. The molecule has 80 heavy (non-hydrogen) atoms. The zero-order chi connectivity index (χ0) is 57.5. The predicted octanol–water partition coefficient (Wildman–Crippen LogP) is 0.767. The van der Waals surface area contributed by atoms with Crippen molar-refractivity contribution >= 4 is 62.2 Å². The minimum Gasteiger partial charge on any atom is -0.458 e. The van der Waals surface area contributed by atoms with Crippen LogP contribution in [0, 0.1) is 24.6 Å². The highest BCUT2D eigenvalue weighted by Gasteiger charge is 2.46. The normalized spacial score (nSPS) is 16.5. The van der Waals surface area contributed by atoms with Gasteiger partial charge in [-0.15, -0.1) is 0 Å². The van der Waals surface area contributed by atoms with Crippen molar-refractivity contribution in [1.82, 2.24) is 51.4 Å². The number of rotatable bonds is 21. The van der Waals surface area contributed by atoms with Crippen LogP contribution in [0.1, 0.15) is 89.6 Å². The number of sulfone groups is 1. The molecule has 0 spiro atoms. The van der Waals surface area contributed by atoms with Crippen molar-refractivity contribution in [2.45, 2.75) is 101 Å². The number of amides is 6. The van der Waals surface area contributed by atoms with Crippen molar-refractivity contribution in [3.8, 4) is 23.2 Å². The Bertz CT molecular complexity index is 3580. The first-order valence-corrected chi connectivity index (χ1v) is 27.4. The van der Waals surface area contributed by atoms with E-state index in [0.29, 0.717) is 75.8 Å². The van der Waals surface area contributed by atoms with Gasteiger partial charge in [-0.25, -0.2) is 32.6 Å². The average Bonchev–Trinajstić information content (AvgIpc) is 4.04. The fourth-order valence-corrected chi connectivity index (χ4v) is 10.1. The van der Waals surface area contributed by atoms with Crippen LogP contribution in [-0.2, 0) is 84.5 Å². The second-order valence-electron chi connectivity index (χ2n) is 19.2. The molecule has 3 aromatic heterocycles. The average molecular weight is 1120 g/mol. The van der Waals surface area contributed by atoms with Gasteiger partial charge in [-0.1, -0.05) is 61.8 Å². The molecule has 25 heteroatoms. The Labute approximate surface area is 457 Å². The number of carbonyl (C=O) groups is 7. The molecule has 8 rings (SSSR count). The number of cyclic esters (lactones) is 1. The lowest BCUT2D eigenvalue weighted by Crippen LogP contribution is -2.52. The van der Waals surface area contributed by atoms with E-state index >= 15 is 4.39 Å². The number of ether oxygens (including phenoxy) is 2. The van der Waals surface area contributed by atoms with Crippen LogP contribution in [0.4, 0.5) is 4.39 Å². The number of aryl methyl sites for hydroxylation is 1. The topological polar surface area (TPSA) is 325 Å². The van der Waals surface area contributed by atoms with Crippen molar-refractivity contribution in [3.63, 3.8) is 0 Å². The molecule has 1 aliphatic carbocycles. The van der Waals surface area contributed by atoms with Crippen molar-refractivity contribution in [2.75, 3.05) is 32.6 Å². The number of halogens is 1. The van der Waals surface area contributed by atoms with Crippen molar-refractivity contribution < 1.29 is 61.0 Å². The van der Waals surface area contributed by atoms with E-state index in [-0.39, 0.29) is 54.2 Å². The summed E-state index contributed by atoms with van der Waals surface area (Å²) < 4.78 is 50.9. The number of carbonyl (C=O) groups excluding carboxylic acids is 7. The van der Waals surface area contributed by atoms with Crippen LogP contribution in [0.25, 0.3) is 22.3 Å². The van der Waals surface area contributed by atoms with Crippen LogP contribution >= 0.6 is 0 Å². The quantitative estimate of drug-likeness (QED) is 0.0131. The summed E-state index contributed by atoms with van der Waals surface area (Å²) in [7, 11) is -3.55. The predicted molar refractivity (Wildman–Crippen MR) is 283 cm³/mol. The number of unbranched alkanes of at least 4 members (excludes halogenated alkanes) is 1. The first kappa shape index (κ1) is 57.4. The number of pyridine rings is 2. The van der Waals surface area contributed by atoms with E-state index < -0.39 is 113 Å². The van der Waals surface area contributed by atoms with Gasteiger partial charge in [0.05, 0.1) is 60.3 Å². The molecule has 5 aromatic rings. The second-order valence-corrected chi connectivity index (χ2v) is 21.2. The molecule has 6 amide bonds. The lowest BCUT2D eigenvalue weighted by Gasteiger charge is -2.31. The minimum atomic E-state index is -3.55. The van der Waals surface area contributed by atoms with Crippen molar-refractivity contribution in [1.29, 1.82) is 0 Å². The highest BCUT2D eigenvalue weighted by Crippen LogP contribution is 2.46. The van der Waals surface area contributed by atoms with Crippen LogP contribution in [0.5, 0.6) is 0 Å². The van der Waals surface area contributed by atoms with Crippen LogP contribution in [0.2, 0.25) is 0 Å². The molecule has 4 atom stereocenters. The number of hydrogen-bond acceptors (Lipinski definition) is 16.